The molecule has 94 valence electrons. The molecule has 0 aliphatic rings. The minimum atomic E-state index is -1.04. The number of carboxylic acids is 1. The van der Waals surface area contributed by atoms with Crippen LogP contribution in [0.25, 0.3) is 0 Å². The van der Waals surface area contributed by atoms with Gasteiger partial charge in [-0.3, -0.25) is 0 Å². The summed E-state index contributed by atoms with van der Waals surface area (Å²) in [5.74, 6) is -1.04. The van der Waals surface area contributed by atoms with Crippen LogP contribution in [0.15, 0.2) is 0 Å². The first kappa shape index (κ1) is 14.7. The summed E-state index contributed by atoms with van der Waals surface area (Å²) in [6.07, 6.45) is -0.349. The van der Waals surface area contributed by atoms with E-state index in [4.69, 9.17) is 5.11 Å². The van der Waals surface area contributed by atoms with Gasteiger partial charge in [0.2, 0.25) is 0 Å². The number of nitrogens with zero attached hydrogens (tertiary/aromatic N) is 1. The Kier molecular flexibility index (Phi) is 7.28. The van der Waals surface area contributed by atoms with Gasteiger partial charge in [-0.1, -0.05) is 13.8 Å². The summed E-state index contributed by atoms with van der Waals surface area (Å²) in [7, 11) is 1.21. The molecule has 0 bridgehead atoms. The molecule has 0 saturated heterocycles. The van der Waals surface area contributed by atoms with Crippen molar-refractivity contribution in [3.8, 4) is 0 Å². The Balaban J connectivity index is 4.13. The van der Waals surface area contributed by atoms with Crippen LogP contribution in [0.3, 0.4) is 0 Å². The third-order valence-corrected chi connectivity index (χ3v) is 2.40. The summed E-state index contributed by atoms with van der Waals surface area (Å²) in [6, 6.07) is -0.895. The normalized spacial score (nSPS) is 12.2. The highest BCUT2D eigenvalue weighted by Gasteiger charge is 2.20. The number of methoxy groups -OCH3 is 1. The van der Waals surface area contributed by atoms with Crippen molar-refractivity contribution >= 4 is 12.1 Å². The van der Waals surface area contributed by atoms with Gasteiger partial charge in [-0.25, -0.2) is 9.59 Å². The van der Waals surface area contributed by atoms with Crippen LogP contribution in [-0.4, -0.2) is 54.9 Å². The van der Waals surface area contributed by atoms with Crippen LogP contribution in [0, 0.1) is 0 Å². The number of carbonyl (C=O) groups is 2. The molecule has 0 saturated carbocycles. The van der Waals surface area contributed by atoms with Crippen molar-refractivity contribution in [1.82, 2.24) is 10.2 Å². The third kappa shape index (κ3) is 5.55. The summed E-state index contributed by atoms with van der Waals surface area (Å²) >= 11 is 0. The molecule has 1 atom stereocenters. The van der Waals surface area contributed by atoms with E-state index in [0.717, 1.165) is 13.1 Å². The molecule has 0 spiro atoms. The maximum atomic E-state index is 10.9. The monoisotopic (exact) mass is 232 g/mol. The van der Waals surface area contributed by atoms with Crippen molar-refractivity contribution in [2.75, 3.05) is 26.7 Å². The number of nitrogens with one attached hydrogen (secondary N) is 1. The van der Waals surface area contributed by atoms with Crippen LogP contribution in [0.1, 0.15) is 20.3 Å². The van der Waals surface area contributed by atoms with E-state index >= 15 is 0 Å². The molecule has 6 nitrogen and oxygen atoms in total. The number of carboxylic acid groups (broad SMARTS) is 1. The number of alkyl carbamates (subject to hydrolysis) is 1. The Hall–Kier alpha value is -1.30. The second kappa shape index (κ2) is 7.92. The van der Waals surface area contributed by atoms with E-state index in [2.05, 4.69) is 15.0 Å². The lowest BCUT2D eigenvalue weighted by Gasteiger charge is -2.20. The fourth-order valence-corrected chi connectivity index (χ4v) is 1.31. The van der Waals surface area contributed by atoms with Gasteiger partial charge < -0.3 is 20.1 Å². The van der Waals surface area contributed by atoms with E-state index in [0.29, 0.717) is 13.0 Å². The lowest BCUT2D eigenvalue weighted by molar-refractivity contribution is -0.139. The minimum Gasteiger partial charge on any atom is -0.480 e. The average molecular weight is 232 g/mol. The maximum absolute atomic E-state index is 10.9. The van der Waals surface area contributed by atoms with Crippen molar-refractivity contribution in [2.45, 2.75) is 26.3 Å². The molecule has 2 N–H and O–H groups in total. The van der Waals surface area contributed by atoms with Gasteiger partial charge in [0.25, 0.3) is 0 Å². The summed E-state index contributed by atoms with van der Waals surface area (Å²) in [4.78, 5) is 23.8. The Morgan fingerprint density at radius 2 is 1.94 bits per heavy atom. The summed E-state index contributed by atoms with van der Waals surface area (Å²) < 4.78 is 4.36. The zero-order valence-corrected chi connectivity index (χ0v) is 10.0. The first-order valence-electron chi connectivity index (χ1n) is 5.34. The SMILES string of the molecule is CCN(CC)CC[C@H](NC(=O)OC)C(=O)O. The molecule has 0 unspecified atom stereocenters. The van der Waals surface area contributed by atoms with Crippen LogP contribution in [0.2, 0.25) is 0 Å². The van der Waals surface area contributed by atoms with E-state index in [1.54, 1.807) is 0 Å². The molecule has 0 heterocycles. The molecule has 0 aromatic carbocycles. The second-order valence-corrected chi connectivity index (χ2v) is 3.34. The smallest absolute Gasteiger partial charge is 0.407 e. The highest BCUT2D eigenvalue weighted by Crippen LogP contribution is 1.97. The van der Waals surface area contributed by atoms with Gasteiger partial charge in [-0.15, -0.1) is 0 Å². The van der Waals surface area contributed by atoms with Crippen molar-refractivity contribution < 1.29 is 19.4 Å². The van der Waals surface area contributed by atoms with E-state index in [-0.39, 0.29) is 0 Å². The molecule has 16 heavy (non-hydrogen) atoms. The molecule has 0 aliphatic heterocycles. The first-order chi connectivity index (χ1) is 7.54. The Labute approximate surface area is 95.6 Å². The standard InChI is InChI=1S/C10H20N2O4/c1-4-12(5-2)7-6-8(9(13)14)11-10(15)16-3/h8H,4-7H2,1-3H3,(H,11,15)(H,13,14)/t8-/m0/s1. The van der Waals surface area contributed by atoms with Crippen molar-refractivity contribution in [3.63, 3.8) is 0 Å². The Morgan fingerprint density at radius 3 is 2.31 bits per heavy atom. The highest BCUT2D eigenvalue weighted by atomic mass is 16.5. The van der Waals surface area contributed by atoms with Crippen molar-refractivity contribution in [2.24, 2.45) is 0 Å². The topological polar surface area (TPSA) is 78.9 Å². The zero-order valence-electron chi connectivity index (χ0n) is 10.0. The molecule has 0 fully saturated rings. The molecule has 0 aliphatic carbocycles. The molecular weight excluding hydrogens is 212 g/mol. The zero-order chi connectivity index (χ0) is 12.6. The van der Waals surface area contributed by atoms with Crippen LogP contribution in [0.4, 0.5) is 4.79 Å². The molecule has 0 rings (SSSR count). The molecule has 0 aromatic rings. The average Bonchev–Trinajstić information content (AvgIpc) is 2.28. The van der Waals surface area contributed by atoms with Gasteiger partial charge in [0.15, 0.2) is 0 Å². The number of aliphatic carboxylic acids is 1. The first-order valence-corrected chi connectivity index (χ1v) is 5.34. The third-order valence-electron chi connectivity index (χ3n) is 2.40. The lowest BCUT2D eigenvalue weighted by atomic mass is 10.2. The molecule has 6 heteroatoms. The number of rotatable bonds is 7. The summed E-state index contributed by atoms with van der Waals surface area (Å²) in [6.45, 7) is 6.37. The van der Waals surface area contributed by atoms with Gasteiger partial charge in [0.05, 0.1) is 7.11 Å². The summed E-state index contributed by atoms with van der Waals surface area (Å²) in [5, 5.41) is 11.2. The number of ether oxygens (including phenoxy) is 1. The van der Waals surface area contributed by atoms with Gasteiger partial charge >= 0.3 is 12.1 Å². The second-order valence-electron chi connectivity index (χ2n) is 3.34. The van der Waals surface area contributed by atoms with Crippen LogP contribution >= 0.6 is 0 Å². The van der Waals surface area contributed by atoms with Crippen LogP contribution in [0.5, 0.6) is 0 Å². The quantitative estimate of drug-likeness (QED) is 0.669. The van der Waals surface area contributed by atoms with Gasteiger partial charge in [0.1, 0.15) is 6.04 Å². The lowest BCUT2D eigenvalue weighted by Crippen LogP contribution is -2.43. The van der Waals surface area contributed by atoms with Gasteiger partial charge in [-0.2, -0.15) is 0 Å². The molecule has 0 aromatic heterocycles. The summed E-state index contributed by atoms with van der Waals surface area (Å²) in [5.41, 5.74) is 0. The number of carbonyl (C=O) groups excluding carboxylic acids is 1. The van der Waals surface area contributed by atoms with Crippen molar-refractivity contribution in [3.05, 3.63) is 0 Å². The van der Waals surface area contributed by atoms with E-state index in [9.17, 15) is 9.59 Å². The minimum absolute atomic E-state index is 0.367. The molecule has 1 amide bonds. The van der Waals surface area contributed by atoms with Crippen molar-refractivity contribution in [1.29, 1.82) is 0 Å². The predicted molar refractivity (Wildman–Crippen MR) is 59.4 cm³/mol. The van der Waals surface area contributed by atoms with E-state index in [1.165, 1.54) is 7.11 Å². The van der Waals surface area contributed by atoms with Gasteiger partial charge in [0, 0.05) is 6.54 Å². The highest BCUT2D eigenvalue weighted by molar-refractivity contribution is 5.79. The van der Waals surface area contributed by atoms with Crippen LogP contribution in [-0.2, 0) is 9.53 Å². The van der Waals surface area contributed by atoms with E-state index in [1.807, 2.05) is 13.8 Å². The number of amides is 1. The van der Waals surface area contributed by atoms with E-state index < -0.39 is 18.1 Å². The maximum Gasteiger partial charge on any atom is 0.407 e. The Bertz CT molecular complexity index is 229. The van der Waals surface area contributed by atoms with Crippen LogP contribution < -0.4 is 5.32 Å². The molecular formula is C10H20N2O4. The Morgan fingerprint density at radius 1 is 1.38 bits per heavy atom. The number of hydrogen-bond acceptors (Lipinski definition) is 4. The predicted octanol–water partition coefficient (Wildman–Crippen LogP) is 0.527. The fraction of sp³-hybridized carbons (Fsp3) is 0.800. The number of hydrogen-bond donors (Lipinski definition) is 2. The van der Waals surface area contributed by atoms with Gasteiger partial charge in [-0.05, 0) is 19.5 Å². The molecule has 0 radical (unpaired) electrons. The fourth-order valence-electron chi connectivity index (χ4n) is 1.31. The largest absolute Gasteiger partial charge is 0.480 e.